The van der Waals surface area contributed by atoms with Gasteiger partial charge in [0.1, 0.15) is 5.54 Å². The van der Waals surface area contributed by atoms with E-state index in [1.807, 2.05) is 0 Å². The predicted molar refractivity (Wildman–Crippen MR) is 117 cm³/mol. The van der Waals surface area contributed by atoms with Crippen LogP contribution in [-0.4, -0.2) is 10.9 Å². The summed E-state index contributed by atoms with van der Waals surface area (Å²) in [6.45, 7) is 0. The van der Waals surface area contributed by atoms with Crippen molar-refractivity contribution >= 4 is 17.5 Å². The second-order valence-electron chi connectivity index (χ2n) is 8.45. The first-order valence-corrected chi connectivity index (χ1v) is 11.0. The number of aromatic nitrogens is 1. The van der Waals surface area contributed by atoms with Crippen LogP contribution in [-0.2, 0) is 29.1 Å². The second-order valence-corrected chi connectivity index (χ2v) is 8.89. The fourth-order valence-electron chi connectivity index (χ4n) is 4.01. The highest BCUT2D eigenvalue weighted by Gasteiger charge is 2.48. The van der Waals surface area contributed by atoms with Gasteiger partial charge in [-0.25, -0.2) is 0 Å². The minimum Gasteiger partial charge on any atom is -0.340 e. The van der Waals surface area contributed by atoms with Crippen molar-refractivity contribution in [3.8, 4) is 0 Å². The van der Waals surface area contributed by atoms with Gasteiger partial charge in [0.05, 0.1) is 21.8 Å². The molecule has 0 bridgehead atoms. The second kappa shape index (κ2) is 9.18. The molecule has 184 valence electrons. The molecule has 1 aliphatic carbocycles. The van der Waals surface area contributed by atoms with E-state index in [2.05, 4.69) is 10.3 Å². The number of carbonyl (C=O) groups excluding carboxylic acids is 1. The number of nitrogens with one attached hydrogen (secondary N) is 1. The molecular weight excluding hydrogens is 494 g/mol. The highest BCUT2D eigenvalue weighted by Crippen LogP contribution is 2.44. The summed E-state index contributed by atoms with van der Waals surface area (Å²) in [5.74, 6) is -0.985. The van der Waals surface area contributed by atoms with Crippen LogP contribution in [0.1, 0.15) is 40.8 Å². The summed E-state index contributed by atoms with van der Waals surface area (Å²) in [6.07, 6.45) is -7.93. The average molecular weight is 513 g/mol. The molecule has 3 aromatic rings. The first kappa shape index (κ1) is 25.0. The molecule has 1 atom stereocenters. The molecule has 1 heterocycles. The predicted octanol–water partition coefficient (Wildman–Crippen LogP) is 6.79. The molecule has 2 aromatic carbocycles. The van der Waals surface area contributed by atoms with Crippen LogP contribution < -0.4 is 5.32 Å². The van der Waals surface area contributed by atoms with Crippen LogP contribution in [0.25, 0.3) is 0 Å². The first-order valence-electron chi connectivity index (χ1n) is 10.7. The van der Waals surface area contributed by atoms with Gasteiger partial charge in [-0.1, -0.05) is 41.9 Å². The van der Waals surface area contributed by atoms with Gasteiger partial charge in [-0.05, 0) is 54.3 Å². The third kappa shape index (κ3) is 5.45. The highest BCUT2D eigenvalue weighted by atomic mass is 35.5. The van der Waals surface area contributed by atoms with E-state index >= 15 is 0 Å². The molecule has 1 N–H and O–H groups in total. The number of hydrogen-bond donors (Lipinski definition) is 1. The van der Waals surface area contributed by atoms with Crippen LogP contribution in [0.15, 0.2) is 66.9 Å². The Kier molecular flexibility index (Phi) is 6.57. The lowest BCUT2D eigenvalue weighted by Gasteiger charge is -2.37. The number of hydrogen-bond acceptors (Lipinski definition) is 2. The van der Waals surface area contributed by atoms with Crippen LogP contribution in [0, 0.1) is 5.92 Å². The standard InChI is InChI=1S/C25H19ClF6N2O/c26-18-9-11-21(33-14-18)23(34-22(35)16-6-7-16,13-15-4-2-1-3-5-15)20-12-17(24(27,28)29)8-10-19(20)25(30,31)32/h1-5,8-12,14,16H,6-7,13H2,(H,34,35)/t23-/m1/s1. The van der Waals surface area contributed by atoms with Gasteiger partial charge in [0.15, 0.2) is 0 Å². The number of halogens is 7. The average Bonchev–Trinajstić information content (AvgIpc) is 3.64. The summed E-state index contributed by atoms with van der Waals surface area (Å²) < 4.78 is 83.6. The van der Waals surface area contributed by atoms with Gasteiger partial charge >= 0.3 is 12.4 Å². The van der Waals surface area contributed by atoms with E-state index < -0.39 is 46.4 Å². The number of benzene rings is 2. The van der Waals surface area contributed by atoms with E-state index in [9.17, 15) is 31.1 Å². The topological polar surface area (TPSA) is 42.0 Å². The fraction of sp³-hybridized carbons (Fsp3) is 0.280. The SMILES string of the molecule is O=C(N[C@@](Cc1ccccc1)(c1ccc(Cl)cn1)c1cc(C(F)(F)F)ccc1C(F)(F)F)C1CC1. The molecule has 0 spiro atoms. The van der Waals surface area contributed by atoms with E-state index in [4.69, 9.17) is 11.6 Å². The van der Waals surface area contributed by atoms with Gasteiger partial charge in [0.2, 0.25) is 5.91 Å². The molecule has 35 heavy (non-hydrogen) atoms. The molecule has 0 radical (unpaired) electrons. The van der Waals surface area contributed by atoms with Crippen LogP contribution >= 0.6 is 11.6 Å². The van der Waals surface area contributed by atoms with Crippen molar-refractivity contribution in [3.63, 3.8) is 0 Å². The van der Waals surface area contributed by atoms with Crippen LogP contribution in [0.3, 0.4) is 0 Å². The molecular formula is C25H19ClF6N2O. The minimum atomic E-state index is -5.00. The van der Waals surface area contributed by atoms with Crippen molar-refractivity contribution in [2.75, 3.05) is 0 Å². The zero-order chi connectivity index (χ0) is 25.4. The van der Waals surface area contributed by atoms with E-state index in [0.29, 0.717) is 36.6 Å². The smallest absolute Gasteiger partial charge is 0.340 e. The largest absolute Gasteiger partial charge is 0.416 e. The summed E-state index contributed by atoms with van der Waals surface area (Å²) in [7, 11) is 0. The Labute approximate surface area is 202 Å². The monoisotopic (exact) mass is 512 g/mol. The van der Waals surface area contributed by atoms with E-state index in [1.165, 1.54) is 18.3 Å². The van der Waals surface area contributed by atoms with Crippen molar-refractivity contribution in [2.45, 2.75) is 37.2 Å². The maximum Gasteiger partial charge on any atom is 0.416 e. The van der Waals surface area contributed by atoms with Crippen molar-refractivity contribution < 1.29 is 31.1 Å². The maximum absolute atomic E-state index is 14.2. The summed E-state index contributed by atoms with van der Waals surface area (Å²) in [5, 5.41) is 2.85. The van der Waals surface area contributed by atoms with Crippen molar-refractivity contribution in [2.24, 2.45) is 5.92 Å². The Hall–Kier alpha value is -3.07. The molecule has 0 unspecified atom stereocenters. The van der Waals surface area contributed by atoms with Gasteiger partial charge in [0.25, 0.3) is 0 Å². The Morgan fingerprint density at radius 2 is 1.60 bits per heavy atom. The molecule has 1 fully saturated rings. The van der Waals surface area contributed by atoms with E-state index in [-0.39, 0.29) is 17.1 Å². The first-order chi connectivity index (χ1) is 16.4. The fourth-order valence-corrected chi connectivity index (χ4v) is 4.12. The van der Waals surface area contributed by atoms with Gasteiger partial charge in [0, 0.05) is 18.5 Å². The number of pyridine rings is 1. The molecule has 3 nitrogen and oxygen atoms in total. The summed E-state index contributed by atoms with van der Waals surface area (Å²) in [4.78, 5) is 17.2. The van der Waals surface area contributed by atoms with Crippen LogP contribution in [0.2, 0.25) is 5.02 Å². The van der Waals surface area contributed by atoms with Crippen LogP contribution in [0.5, 0.6) is 0 Å². The number of rotatable bonds is 6. The van der Waals surface area contributed by atoms with Crippen molar-refractivity contribution in [1.29, 1.82) is 0 Å². The summed E-state index contributed by atoms with van der Waals surface area (Å²) >= 11 is 5.94. The Morgan fingerprint density at radius 3 is 2.14 bits per heavy atom. The zero-order valence-corrected chi connectivity index (χ0v) is 18.8. The van der Waals surface area contributed by atoms with Crippen molar-refractivity contribution in [1.82, 2.24) is 10.3 Å². The highest BCUT2D eigenvalue weighted by molar-refractivity contribution is 6.30. The zero-order valence-electron chi connectivity index (χ0n) is 18.1. The molecule has 1 amide bonds. The molecule has 1 saturated carbocycles. The Bertz CT molecular complexity index is 1210. The lowest BCUT2D eigenvalue weighted by Crippen LogP contribution is -2.50. The van der Waals surface area contributed by atoms with Gasteiger partial charge in [-0.15, -0.1) is 0 Å². The molecule has 1 aromatic heterocycles. The summed E-state index contributed by atoms with van der Waals surface area (Å²) in [6, 6.07) is 12.2. The molecule has 0 saturated heterocycles. The number of carbonyl (C=O) groups is 1. The summed E-state index contributed by atoms with van der Waals surface area (Å²) in [5.41, 5.74) is -4.94. The van der Waals surface area contributed by atoms with Crippen molar-refractivity contribution in [3.05, 3.63) is 99.8 Å². The molecule has 1 aliphatic rings. The molecule has 10 heteroatoms. The lowest BCUT2D eigenvalue weighted by atomic mass is 9.77. The Balaban J connectivity index is 2.05. The van der Waals surface area contributed by atoms with Gasteiger partial charge in [-0.3, -0.25) is 9.78 Å². The van der Waals surface area contributed by atoms with E-state index in [1.54, 1.807) is 30.3 Å². The molecule has 4 rings (SSSR count). The normalized spacial score (nSPS) is 16.0. The third-order valence-electron chi connectivity index (χ3n) is 5.87. The Morgan fingerprint density at radius 1 is 0.914 bits per heavy atom. The van der Waals surface area contributed by atoms with Crippen LogP contribution in [0.4, 0.5) is 26.3 Å². The molecule has 0 aliphatic heterocycles. The van der Waals surface area contributed by atoms with Gasteiger partial charge in [-0.2, -0.15) is 26.3 Å². The van der Waals surface area contributed by atoms with Gasteiger partial charge < -0.3 is 5.32 Å². The minimum absolute atomic E-state index is 0.0652. The third-order valence-corrected chi connectivity index (χ3v) is 6.10. The number of amides is 1. The lowest BCUT2D eigenvalue weighted by molar-refractivity contribution is -0.142. The quantitative estimate of drug-likeness (QED) is 0.370. The van der Waals surface area contributed by atoms with E-state index in [0.717, 1.165) is 0 Å². The maximum atomic E-state index is 14.2. The number of alkyl halides is 6. The number of nitrogens with zero attached hydrogens (tertiary/aromatic N) is 1.